The quantitative estimate of drug-likeness (QED) is 0.707. The number of rotatable bonds is 3. The van der Waals surface area contributed by atoms with E-state index in [0.29, 0.717) is 5.92 Å². The van der Waals surface area contributed by atoms with Crippen LogP contribution in [0.15, 0.2) is 18.2 Å². The molecule has 0 aromatic heterocycles. The lowest BCUT2D eigenvalue weighted by atomic mass is 9.94. The van der Waals surface area contributed by atoms with Crippen LogP contribution >= 0.6 is 0 Å². The lowest BCUT2D eigenvalue weighted by Gasteiger charge is -2.15. The van der Waals surface area contributed by atoms with Crippen molar-refractivity contribution in [1.29, 1.82) is 0 Å². The molecule has 14 heavy (non-hydrogen) atoms. The molecule has 1 nitrogen and oxygen atoms in total. The lowest BCUT2D eigenvalue weighted by molar-refractivity contribution is 0.119. The zero-order valence-electron chi connectivity index (χ0n) is 9.79. The van der Waals surface area contributed by atoms with Gasteiger partial charge in [0.15, 0.2) is 0 Å². The first-order valence-corrected chi connectivity index (χ1v) is 5.19. The van der Waals surface area contributed by atoms with Crippen molar-refractivity contribution in [2.24, 2.45) is 0 Å². The van der Waals surface area contributed by atoms with Gasteiger partial charge >= 0.3 is 0 Å². The highest BCUT2D eigenvalue weighted by Gasteiger charge is 2.08. The minimum atomic E-state index is 0.188. The average molecular weight is 192 g/mol. The number of hydrogen-bond acceptors (Lipinski definition) is 1. The van der Waals surface area contributed by atoms with Gasteiger partial charge in [0, 0.05) is 7.11 Å². The van der Waals surface area contributed by atoms with E-state index in [-0.39, 0.29) is 6.10 Å². The van der Waals surface area contributed by atoms with E-state index in [2.05, 4.69) is 45.9 Å². The van der Waals surface area contributed by atoms with Gasteiger partial charge in [-0.25, -0.2) is 0 Å². The Kier molecular flexibility index (Phi) is 3.70. The van der Waals surface area contributed by atoms with Crippen molar-refractivity contribution in [3.8, 4) is 0 Å². The smallest absolute Gasteiger partial charge is 0.0793 e. The standard InChI is InChI=1S/C13H20O/c1-9(2)13-8-12(11(4)14-5)7-6-10(13)3/h6-9,11H,1-5H3. The second-order valence-corrected chi connectivity index (χ2v) is 4.15. The number of benzene rings is 1. The van der Waals surface area contributed by atoms with Crippen LogP contribution in [0.3, 0.4) is 0 Å². The minimum absolute atomic E-state index is 0.188. The Labute approximate surface area is 87.1 Å². The second kappa shape index (κ2) is 4.61. The van der Waals surface area contributed by atoms with Crippen molar-refractivity contribution in [2.45, 2.75) is 39.7 Å². The van der Waals surface area contributed by atoms with Crippen molar-refractivity contribution in [1.82, 2.24) is 0 Å². The summed E-state index contributed by atoms with van der Waals surface area (Å²) in [5.41, 5.74) is 4.06. The molecule has 0 spiro atoms. The molecule has 0 bridgehead atoms. The molecule has 0 saturated carbocycles. The lowest BCUT2D eigenvalue weighted by Crippen LogP contribution is -1.99. The summed E-state index contributed by atoms with van der Waals surface area (Å²) in [6.45, 7) is 8.69. The Balaban J connectivity index is 3.06. The summed E-state index contributed by atoms with van der Waals surface area (Å²) < 4.78 is 5.31. The zero-order valence-corrected chi connectivity index (χ0v) is 9.79. The molecule has 0 radical (unpaired) electrons. The Morgan fingerprint density at radius 1 is 1.14 bits per heavy atom. The fourth-order valence-electron chi connectivity index (χ4n) is 1.67. The number of aryl methyl sites for hydroxylation is 1. The number of methoxy groups -OCH3 is 1. The molecule has 0 heterocycles. The normalized spacial score (nSPS) is 13.3. The second-order valence-electron chi connectivity index (χ2n) is 4.15. The first-order valence-electron chi connectivity index (χ1n) is 5.19. The molecule has 1 rings (SSSR count). The van der Waals surface area contributed by atoms with Crippen LogP contribution in [0.2, 0.25) is 0 Å². The predicted octanol–water partition coefficient (Wildman–Crippen LogP) is 3.83. The summed E-state index contributed by atoms with van der Waals surface area (Å²) in [6, 6.07) is 6.59. The van der Waals surface area contributed by atoms with Crippen LogP contribution in [-0.4, -0.2) is 7.11 Å². The molecule has 0 aliphatic carbocycles. The van der Waals surface area contributed by atoms with E-state index < -0.39 is 0 Å². The van der Waals surface area contributed by atoms with Gasteiger partial charge in [-0.1, -0.05) is 32.0 Å². The Morgan fingerprint density at radius 2 is 1.79 bits per heavy atom. The van der Waals surface area contributed by atoms with E-state index in [1.54, 1.807) is 7.11 Å². The fraction of sp³-hybridized carbons (Fsp3) is 0.538. The monoisotopic (exact) mass is 192 g/mol. The van der Waals surface area contributed by atoms with Crippen molar-refractivity contribution in [2.75, 3.05) is 7.11 Å². The maximum Gasteiger partial charge on any atom is 0.0793 e. The van der Waals surface area contributed by atoms with Crippen molar-refractivity contribution in [3.63, 3.8) is 0 Å². The van der Waals surface area contributed by atoms with E-state index in [4.69, 9.17) is 4.74 Å². The SMILES string of the molecule is COC(C)c1ccc(C)c(C(C)C)c1. The molecule has 0 amide bonds. The topological polar surface area (TPSA) is 9.23 Å². The average Bonchev–Trinajstić information content (AvgIpc) is 2.17. The molecule has 0 aliphatic heterocycles. The summed E-state index contributed by atoms with van der Waals surface area (Å²) in [4.78, 5) is 0. The van der Waals surface area contributed by atoms with Crippen molar-refractivity contribution < 1.29 is 4.74 Å². The van der Waals surface area contributed by atoms with Crippen LogP contribution in [0.5, 0.6) is 0 Å². The number of ether oxygens (including phenoxy) is 1. The highest BCUT2D eigenvalue weighted by molar-refractivity contribution is 5.34. The molecule has 1 unspecified atom stereocenters. The highest BCUT2D eigenvalue weighted by atomic mass is 16.5. The Morgan fingerprint density at radius 3 is 2.29 bits per heavy atom. The predicted molar refractivity (Wildman–Crippen MR) is 60.7 cm³/mol. The van der Waals surface area contributed by atoms with Gasteiger partial charge < -0.3 is 4.74 Å². The zero-order chi connectivity index (χ0) is 10.7. The van der Waals surface area contributed by atoms with Gasteiger partial charge in [0.2, 0.25) is 0 Å². The molecule has 1 aromatic carbocycles. The highest BCUT2D eigenvalue weighted by Crippen LogP contribution is 2.24. The summed E-state index contributed by atoms with van der Waals surface area (Å²) in [7, 11) is 1.75. The third-order valence-electron chi connectivity index (χ3n) is 2.75. The molecule has 0 saturated heterocycles. The van der Waals surface area contributed by atoms with Crippen molar-refractivity contribution >= 4 is 0 Å². The fourth-order valence-corrected chi connectivity index (χ4v) is 1.67. The van der Waals surface area contributed by atoms with Crippen LogP contribution in [0.25, 0.3) is 0 Å². The van der Waals surface area contributed by atoms with Gasteiger partial charge in [-0.2, -0.15) is 0 Å². The van der Waals surface area contributed by atoms with E-state index in [1.807, 2.05) is 0 Å². The van der Waals surface area contributed by atoms with Gasteiger partial charge in [-0.05, 0) is 36.5 Å². The first-order chi connectivity index (χ1) is 6.56. The molecule has 0 aliphatic rings. The van der Waals surface area contributed by atoms with Crippen LogP contribution in [-0.2, 0) is 4.74 Å². The van der Waals surface area contributed by atoms with Crippen LogP contribution in [0, 0.1) is 6.92 Å². The Bertz CT molecular complexity index is 302. The van der Waals surface area contributed by atoms with Gasteiger partial charge in [0.05, 0.1) is 6.10 Å². The third-order valence-corrected chi connectivity index (χ3v) is 2.75. The molecule has 1 heteroatoms. The van der Waals surface area contributed by atoms with Crippen molar-refractivity contribution in [3.05, 3.63) is 34.9 Å². The van der Waals surface area contributed by atoms with Gasteiger partial charge in [-0.15, -0.1) is 0 Å². The molecular formula is C13H20O. The van der Waals surface area contributed by atoms with Gasteiger partial charge in [0.1, 0.15) is 0 Å². The van der Waals surface area contributed by atoms with Crippen LogP contribution < -0.4 is 0 Å². The largest absolute Gasteiger partial charge is 0.377 e. The van der Waals surface area contributed by atoms with Crippen LogP contribution in [0.1, 0.15) is 49.5 Å². The number of hydrogen-bond donors (Lipinski definition) is 0. The van der Waals surface area contributed by atoms with Gasteiger partial charge in [-0.3, -0.25) is 0 Å². The summed E-state index contributed by atoms with van der Waals surface area (Å²) in [5, 5.41) is 0. The van der Waals surface area contributed by atoms with E-state index in [9.17, 15) is 0 Å². The van der Waals surface area contributed by atoms with E-state index in [1.165, 1.54) is 16.7 Å². The summed E-state index contributed by atoms with van der Waals surface area (Å²) >= 11 is 0. The van der Waals surface area contributed by atoms with E-state index >= 15 is 0 Å². The molecule has 1 atom stereocenters. The molecule has 1 aromatic rings. The molecule has 0 N–H and O–H groups in total. The summed E-state index contributed by atoms with van der Waals surface area (Å²) in [5.74, 6) is 0.582. The Hall–Kier alpha value is -0.820. The van der Waals surface area contributed by atoms with Gasteiger partial charge in [0.25, 0.3) is 0 Å². The maximum absolute atomic E-state index is 5.31. The maximum atomic E-state index is 5.31. The van der Waals surface area contributed by atoms with E-state index in [0.717, 1.165) is 0 Å². The van der Waals surface area contributed by atoms with Crippen LogP contribution in [0.4, 0.5) is 0 Å². The molecule has 78 valence electrons. The molecule has 0 fully saturated rings. The summed E-state index contributed by atoms with van der Waals surface area (Å²) in [6.07, 6.45) is 0.188. The molecular weight excluding hydrogens is 172 g/mol. The minimum Gasteiger partial charge on any atom is -0.377 e. The first kappa shape index (κ1) is 11.3. The third kappa shape index (κ3) is 2.36.